The van der Waals surface area contributed by atoms with E-state index in [0.717, 1.165) is 12.8 Å². The Balaban J connectivity index is 3.11. The highest BCUT2D eigenvalue weighted by atomic mass is 16.1. The van der Waals surface area contributed by atoms with Crippen LogP contribution in [0.2, 0.25) is 0 Å². The highest BCUT2D eigenvalue weighted by molar-refractivity contribution is 5.50. The Morgan fingerprint density at radius 3 is 1.39 bits per heavy atom. The van der Waals surface area contributed by atoms with E-state index in [-0.39, 0.29) is 0 Å². The molecule has 0 aromatic rings. The van der Waals surface area contributed by atoms with Gasteiger partial charge in [-0.3, -0.25) is 4.79 Å². The Morgan fingerprint density at radius 1 is 0.565 bits per heavy atom. The second-order valence-electron chi connectivity index (χ2n) is 6.53. The Bertz CT molecular complexity index is 278. The quantitative estimate of drug-likeness (QED) is 0.189. The van der Waals surface area contributed by atoms with E-state index in [9.17, 15) is 4.79 Å². The summed E-state index contributed by atoms with van der Waals surface area (Å²) in [5, 5.41) is 0. The van der Waals surface area contributed by atoms with Crippen LogP contribution >= 0.6 is 0 Å². The van der Waals surface area contributed by atoms with E-state index < -0.39 is 0 Å². The van der Waals surface area contributed by atoms with Gasteiger partial charge < -0.3 is 0 Å². The summed E-state index contributed by atoms with van der Waals surface area (Å²) in [5.74, 6) is 0. The van der Waals surface area contributed by atoms with Crippen LogP contribution in [-0.4, -0.2) is 6.29 Å². The molecule has 0 aromatic heterocycles. The van der Waals surface area contributed by atoms with Crippen LogP contribution in [0.3, 0.4) is 0 Å². The first-order valence-electron chi connectivity index (χ1n) is 10.1. The van der Waals surface area contributed by atoms with Gasteiger partial charge in [0.2, 0.25) is 0 Å². The van der Waals surface area contributed by atoms with Gasteiger partial charge in [-0.1, -0.05) is 76.2 Å². The molecule has 133 valence electrons. The van der Waals surface area contributed by atoms with Gasteiger partial charge in [-0.2, -0.15) is 0 Å². The zero-order valence-electron chi connectivity index (χ0n) is 15.5. The number of hydrogen-bond donors (Lipinski definition) is 0. The first-order valence-corrected chi connectivity index (χ1v) is 10.1. The summed E-state index contributed by atoms with van der Waals surface area (Å²) in [6, 6.07) is 0. The molecule has 0 atom stereocenters. The monoisotopic (exact) mass is 319 g/mol. The molecular formula is C22H39O. The zero-order valence-corrected chi connectivity index (χ0v) is 15.5. The second kappa shape index (κ2) is 21.1. The predicted octanol–water partition coefficient (Wildman–Crippen LogP) is 7.47. The fourth-order valence-electron chi connectivity index (χ4n) is 2.68. The molecule has 0 aliphatic rings. The van der Waals surface area contributed by atoms with Crippen molar-refractivity contribution in [3.63, 3.8) is 0 Å². The minimum atomic E-state index is 0.580. The Labute approximate surface area is 145 Å². The first-order chi connectivity index (χ1) is 11.4. The molecule has 0 aromatic carbocycles. The van der Waals surface area contributed by atoms with Crippen LogP contribution in [0.15, 0.2) is 24.3 Å². The van der Waals surface area contributed by atoms with Crippen molar-refractivity contribution in [3.8, 4) is 0 Å². The van der Waals surface area contributed by atoms with E-state index in [1.807, 2.05) is 6.29 Å². The highest BCUT2D eigenvalue weighted by Gasteiger charge is 1.90. The Hall–Kier alpha value is -0.850. The first kappa shape index (κ1) is 22.1. The Kier molecular flexibility index (Phi) is 20.4. The van der Waals surface area contributed by atoms with Crippen LogP contribution in [0.4, 0.5) is 0 Å². The van der Waals surface area contributed by atoms with Gasteiger partial charge in [-0.15, -0.1) is 0 Å². The normalized spacial score (nSPS) is 11.7. The fraction of sp³-hybridized carbons (Fsp3) is 0.773. The van der Waals surface area contributed by atoms with Gasteiger partial charge in [0.05, 0.1) is 0 Å². The minimum Gasteiger partial charge on any atom is -0.291 e. The van der Waals surface area contributed by atoms with Crippen molar-refractivity contribution in [1.82, 2.24) is 0 Å². The van der Waals surface area contributed by atoms with Gasteiger partial charge >= 0.3 is 0 Å². The summed E-state index contributed by atoms with van der Waals surface area (Å²) in [6.45, 7) is 2.27. The van der Waals surface area contributed by atoms with Crippen LogP contribution in [0.1, 0.15) is 110 Å². The maximum Gasteiger partial charge on any atom is 0.198 e. The van der Waals surface area contributed by atoms with Crippen molar-refractivity contribution in [2.45, 2.75) is 110 Å². The van der Waals surface area contributed by atoms with E-state index in [4.69, 9.17) is 0 Å². The van der Waals surface area contributed by atoms with Gasteiger partial charge in [-0.25, -0.2) is 0 Å². The highest BCUT2D eigenvalue weighted by Crippen LogP contribution is 2.09. The fourth-order valence-corrected chi connectivity index (χ4v) is 2.68. The van der Waals surface area contributed by atoms with E-state index >= 15 is 0 Å². The molecule has 0 unspecified atom stereocenters. The van der Waals surface area contributed by atoms with Gasteiger partial charge in [0.1, 0.15) is 0 Å². The standard InChI is InChI=1S/C22H39O/c1-2-3-4-5-6-7-8-9-10-11-12-13-14-15-16-17-18-19-20-21-22-23/h9-10,17-18H,2-8,11-16,19-21H2,1H3/b10-9+,18-17+. The molecular weight excluding hydrogens is 280 g/mol. The number of hydrogen-bond acceptors (Lipinski definition) is 1. The second-order valence-corrected chi connectivity index (χ2v) is 6.53. The molecule has 0 N–H and O–H groups in total. The van der Waals surface area contributed by atoms with Crippen molar-refractivity contribution >= 4 is 6.29 Å². The zero-order chi connectivity index (χ0) is 16.8. The molecule has 0 amide bonds. The summed E-state index contributed by atoms with van der Waals surface area (Å²) in [4.78, 5) is 10.0. The van der Waals surface area contributed by atoms with Crippen LogP contribution in [-0.2, 0) is 4.79 Å². The van der Waals surface area contributed by atoms with Crippen molar-refractivity contribution in [1.29, 1.82) is 0 Å². The molecule has 0 fully saturated rings. The topological polar surface area (TPSA) is 17.1 Å². The average molecular weight is 320 g/mol. The third-order valence-electron chi connectivity index (χ3n) is 4.20. The number of rotatable bonds is 18. The Morgan fingerprint density at radius 2 is 0.957 bits per heavy atom. The minimum absolute atomic E-state index is 0.580. The largest absolute Gasteiger partial charge is 0.291 e. The molecule has 0 bridgehead atoms. The smallest absolute Gasteiger partial charge is 0.198 e. The van der Waals surface area contributed by atoms with Crippen LogP contribution in [0, 0.1) is 0 Å². The maximum absolute atomic E-state index is 10.0. The third-order valence-corrected chi connectivity index (χ3v) is 4.20. The third kappa shape index (κ3) is 21.1. The van der Waals surface area contributed by atoms with Crippen molar-refractivity contribution < 1.29 is 4.79 Å². The van der Waals surface area contributed by atoms with E-state index in [0.29, 0.717) is 6.42 Å². The lowest BCUT2D eigenvalue weighted by atomic mass is 10.1. The molecule has 23 heavy (non-hydrogen) atoms. The molecule has 0 rings (SSSR count). The maximum atomic E-state index is 10.0. The number of carbonyl (C=O) groups excluding carboxylic acids is 1. The number of allylic oxidation sites excluding steroid dienone is 4. The van der Waals surface area contributed by atoms with Gasteiger partial charge in [-0.05, 0) is 51.4 Å². The predicted molar refractivity (Wildman–Crippen MR) is 104 cm³/mol. The van der Waals surface area contributed by atoms with Crippen LogP contribution in [0.5, 0.6) is 0 Å². The molecule has 0 heterocycles. The lowest BCUT2D eigenvalue weighted by Crippen LogP contribution is -1.79. The van der Waals surface area contributed by atoms with Gasteiger partial charge in [0.25, 0.3) is 0 Å². The van der Waals surface area contributed by atoms with Crippen molar-refractivity contribution in [2.75, 3.05) is 0 Å². The molecule has 0 spiro atoms. The SMILES string of the molecule is CCCCCCCC/C=C/CCCCCC/C=C/CCC[C]=O. The molecule has 0 aliphatic carbocycles. The van der Waals surface area contributed by atoms with E-state index in [2.05, 4.69) is 31.2 Å². The summed E-state index contributed by atoms with van der Waals surface area (Å²) in [7, 11) is 0. The van der Waals surface area contributed by atoms with Crippen molar-refractivity contribution in [3.05, 3.63) is 24.3 Å². The molecule has 1 nitrogen and oxygen atoms in total. The molecule has 1 heteroatoms. The van der Waals surface area contributed by atoms with Gasteiger partial charge in [0.15, 0.2) is 6.29 Å². The summed E-state index contributed by atoms with van der Waals surface area (Å²) in [5.41, 5.74) is 0. The lowest BCUT2D eigenvalue weighted by Gasteiger charge is -1.98. The average Bonchev–Trinajstić information content (AvgIpc) is 2.57. The number of unbranched alkanes of at least 4 members (excludes halogenated alkanes) is 13. The molecule has 0 saturated heterocycles. The van der Waals surface area contributed by atoms with Gasteiger partial charge in [0, 0.05) is 6.42 Å². The summed E-state index contributed by atoms with van der Waals surface area (Å²) < 4.78 is 0. The molecule has 1 radical (unpaired) electrons. The summed E-state index contributed by atoms with van der Waals surface area (Å²) >= 11 is 0. The lowest BCUT2D eigenvalue weighted by molar-refractivity contribution is 0.549. The van der Waals surface area contributed by atoms with Crippen molar-refractivity contribution in [2.24, 2.45) is 0 Å². The van der Waals surface area contributed by atoms with Crippen LogP contribution < -0.4 is 0 Å². The molecule has 0 aliphatic heterocycles. The molecule has 0 saturated carbocycles. The van der Waals surface area contributed by atoms with E-state index in [1.165, 1.54) is 83.5 Å². The van der Waals surface area contributed by atoms with E-state index in [1.54, 1.807) is 0 Å². The van der Waals surface area contributed by atoms with Crippen LogP contribution in [0.25, 0.3) is 0 Å². The summed E-state index contributed by atoms with van der Waals surface area (Å²) in [6.07, 6.45) is 31.2.